The molecule has 1 N–H and O–H groups in total. The van der Waals surface area contributed by atoms with Crippen LogP contribution in [0, 0.1) is 0 Å². The second kappa shape index (κ2) is 8.34. The van der Waals surface area contributed by atoms with Gasteiger partial charge < -0.3 is 9.73 Å². The number of hydrogen-bond acceptors (Lipinski definition) is 3. The summed E-state index contributed by atoms with van der Waals surface area (Å²) in [6, 6.07) is 37.3. The summed E-state index contributed by atoms with van der Waals surface area (Å²) in [6.45, 7) is 0. The molecule has 5 aromatic carbocycles. The molecule has 0 bridgehead atoms. The van der Waals surface area contributed by atoms with Crippen molar-refractivity contribution in [3.63, 3.8) is 0 Å². The largest absolute Gasteiger partial charge is 0.436 e. The van der Waals surface area contributed by atoms with Gasteiger partial charge in [0, 0.05) is 10.9 Å². The first-order chi connectivity index (χ1) is 16.8. The van der Waals surface area contributed by atoms with E-state index < -0.39 is 0 Å². The lowest BCUT2D eigenvalue weighted by atomic mass is 10.0. The van der Waals surface area contributed by atoms with Crippen molar-refractivity contribution in [3.8, 4) is 22.6 Å². The molecule has 0 atom stereocenters. The average Bonchev–Trinajstić information content (AvgIpc) is 3.34. The minimum absolute atomic E-state index is 0.186. The van der Waals surface area contributed by atoms with Crippen LogP contribution < -0.4 is 5.32 Å². The van der Waals surface area contributed by atoms with Gasteiger partial charge in [-0.25, -0.2) is 4.98 Å². The molecule has 162 valence electrons. The third kappa shape index (κ3) is 3.61. The van der Waals surface area contributed by atoms with E-state index in [4.69, 9.17) is 9.40 Å². The second-order valence-corrected chi connectivity index (χ2v) is 8.10. The van der Waals surface area contributed by atoms with Crippen molar-refractivity contribution in [2.75, 3.05) is 5.32 Å². The summed E-state index contributed by atoms with van der Waals surface area (Å²) < 4.78 is 6.09. The lowest BCUT2D eigenvalue weighted by Crippen LogP contribution is -2.12. The zero-order valence-electron chi connectivity index (χ0n) is 18.2. The Morgan fingerprint density at radius 1 is 0.676 bits per heavy atom. The summed E-state index contributed by atoms with van der Waals surface area (Å²) in [6.07, 6.45) is 0. The Hall–Kier alpha value is -4.70. The maximum Gasteiger partial charge on any atom is 0.255 e. The molecule has 0 saturated carbocycles. The van der Waals surface area contributed by atoms with Crippen LogP contribution in [0.1, 0.15) is 10.4 Å². The van der Waals surface area contributed by atoms with Crippen LogP contribution in [0.5, 0.6) is 0 Å². The van der Waals surface area contributed by atoms with Gasteiger partial charge in [0.15, 0.2) is 5.58 Å². The SMILES string of the molecule is O=C(Nc1ccccc1-c1nc2c(ccc3ccccc32)o1)c1ccc(-c2ccccc2)cc1. The Balaban J connectivity index is 1.32. The summed E-state index contributed by atoms with van der Waals surface area (Å²) in [4.78, 5) is 17.8. The van der Waals surface area contributed by atoms with Crippen LogP contribution in [0.15, 0.2) is 120 Å². The van der Waals surface area contributed by atoms with E-state index in [1.54, 1.807) is 0 Å². The molecule has 0 unspecified atom stereocenters. The van der Waals surface area contributed by atoms with Crippen molar-refractivity contribution in [1.29, 1.82) is 0 Å². The molecule has 1 aromatic heterocycles. The molecule has 0 saturated heterocycles. The maximum atomic E-state index is 13.0. The fourth-order valence-electron chi connectivity index (χ4n) is 4.19. The predicted molar refractivity (Wildman–Crippen MR) is 137 cm³/mol. The average molecular weight is 441 g/mol. The van der Waals surface area contributed by atoms with E-state index in [9.17, 15) is 4.79 Å². The number of nitrogens with one attached hydrogen (secondary N) is 1. The smallest absolute Gasteiger partial charge is 0.255 e. The lowest BCUT2D eigenvalue weighted by Gasteiger charge is -2.09. The monoisotopic (exact) mass is 440 g/mol. The first-order valence-electron chi connectivity index (χ1n) is 11.1. The number of para-hydroxylation sites is 1. The number of fused-ring (bicyclic) bond motifs is 3. The number of nitrogens with zero attached hydrogens (tertiary/aromatic N) is 1. The number of oxazole rings is 1. The van der Waals surface area contributed by atoms with Gasteiger partial charge in [-0.3, -0.25) is 4.79 Å². The number of anilines is 1. The number of amides is 1. The van der Waals surface area contributed by atoms with Crippen LogP contribution in [0.4, 0.5) is 5.69 Å². The summed E-state index contributed by atoms with van der Waals surface area (Å²) in [5.41, 5.74) is 5.67. The van der Waals surface area contributed by atoms with E-state index in [-0.39, 0.29) is 5.91 Å². The first kappa shape index (κ1) is 19.9. The van der Waals surface area contributed by atoms with E-state index in [1.807, 2.05) is 97.1 Å². The van der Waals surface area contributed by atoms with Crippen molar-refractivity contribution in [1.82, 2.24) is 4.98 Å². The topological polar surface area (TPSA) is 55.1 Å². The number of carbonyl (C=O) groups is 1. The Kier molecular flexibility index (Phi) is 4.89. The Morgan fingerprint density at radius 2 is 1.38 bits per heavy atom. The number of hydrogen-bond donors (Lipinski definition) is 1. The quantitative estimate of drug-likeness (QED) is 0.308. The predicted octanol–water partition coefficient (Wildman–Crippen LogP) is 7.57. The molecular weight excluding hydrogens is 420 g/mol. The molecular formula is C30H20N2O2. The molecule has 1 heterocycles. The van der Waals surface area contributed by atoms with Crippen molar-refractivity contribution >= 4 is 33.5 Å². The van der Waals surface area contributed by atoms with Gasteiger partial charge in [-0.2, -0.15) is 0 Å². The Bertz CT molecular complexity index is 1630. The molecule has 6 aromatic rings. The third-order valence-electron chi connectivity index (χ3n) is 5.94. The second-order valence-electron chi connectivity index (χ2n) is 8.10. The van der Waals surface area contributed by atoms with Crippen LogP contribution in [0.25, 0.3) is 44.5 Å². The molecule has 0 aliphatic rings. The zero-order valence-corrected chi connectivity index (χ0v) is 18.2. The van der Waals surface area contributed by atoms with E-state index in [2.05, 4.69) is 23.5 Å². The number of aromatic nitrogens is 1. The fourth-order valence-corrected chi connectivity index (χ4v) is 4.19. The minimum atomic E-state index is -0.186. The van der Waals surface area contributed by atoms with Gasteiger partial charge in [-0.15, -0.1) is 0 Å². The van der Waals surface area contributed by atoms with Gasteiger partial charge in [0.1, 0.15) is 5.52 Å². The van der Waals surface area contributed by atoms with Gasteiger partial charge in [0.2, 0.25) is 5.89 Å². The van der Waals surface area contributed by atoms with Crippen LogP contribution in [0.2, 0.25) is 0 Å². The number of rotatable bonds is 4. The van der Waals surface area contributed by atoms with Crippen LogP contribution in [0.3, 0.4) is 0 Å². The summed E-state index contributed by atoms with van der Waals surface area (Å²) in [7, 11) is 0. The van der Waals surface area contributed by atoms with Gasteiger partial charge in [0.25, 0.3) is 5.91 Å². The van der Waals surface area contributed by atoms with Crippen molar-refractivity contribution in [2.45, 2.75) is 0 Å². The Labute approximate surface area is 196 Å². The van der Waals surface area contributed by atoms with Crippen LogP contribution >= 0.6 is 0 Å². The summed E-state index contributed by atoms with van der Waals surface area (Å²) in [5, 5.41) is 5.17. The van der Waals surface area contributed by atoms with Gasteiger partial charge in [-0.1, -0.05) is 84.9 Å². The molecule has 34 heavy (non-hydrogen) atoms. The molecule has 0 aliphatic heterocycles. The van der Waals surface area contributed by atoms with Crippen LogP contribution in [-0.2, 0) is 0 Å². The number of carbonyl (C=O) groups excluding carboxylic acids is 1. The van der Waals surface area contributed by atoms with Gasteiger partial charge >= 0.3 is 0 Å². The third-order valence-corrected chi connectivity index (χ3v) is 5.94. The summed E-state index contributed by atoms with van der Waals surface area (Å²) >= 11 is 0. The van der Waals surface area contributed by atoms with Crippen molar-refractivity contribution in [2.24, 2.45) is 0 Å². The molecule has 0 spiro atoms. The highest BCUT2D eigenvalue weighted by atomic mass is 16.3. The van der Waals surface area contributed by atoms with Crippen molar-refractivity contribution < 1.29 is 9.21 Å². The van der Waals surface area contributed by atoms with Crippen molar-refractivity contribution in [3.05, 3.63) is 121 Å². The molecule has 0 fully saturated rings. The highest BCUT2D eigenvalue weighted by molar-refractivity contribution is 6.07. The van der Waals surface area contributed by atoms with Gasteiger partial charge in [0.05, 0.1) is 11.3 Å². The summed E-state index contributed by atoms with van der Waals surface area (Å²) in [5.74, 6) is 0.287. The van der Waals surface area contributed by atoms with E-state index in [0.717, 1.165) is 33.0 Å². The molecule has 6 rings (SSSR count). The highest BCUT2D eigenvalue weighted by Crippen LogP contribution is 2.33. The molecule has 0 aliphatic carbocycles. The molecule has 4 nitrogen and oxygen atoms in total. The fraction of sp³-hybridized carbons (Fsp3) is 0. The van der Waals surface area contributed by atoms with E-state index in [1.165, 1.54) is 0 Å². The molecule has 0 radical (unpaired) electrons. The zero-order chi connectivity index (χ0) is 22.9. The lowest BCUT2D eigenvalue weighted by molar-refractivity contribution is 0.102. The Morgan fingerprint density at radius 3 is 2.24 bits per heavy atom. The van der Waals surface area contributed by atoms with Gasteiger partial charge in [-0.05, 0) is 46.8 Å². The maximum absolute atomic E-state index is 13.0. The normalized spacial score (nSPS) is 11.1. The van der Waals surface area contributed by atoms with E-state index in [0.29, 0.717) is 22.7 Å². The number of benzene rings is 5. The molecule has 1 amide bonds. The van der Waals surface area contributed by atoms with Crippen LogP contribution in [-0.4, -0.2) is 10.9 Å². The standard InChI is InChI=1S/C30H20N2O2/c33-29(23-16-14-21(15-17-23)20-8-2-1-3-9-20)31-26-13-7-6-12-25(26)30-32-28-24-11-5-4-10-22(24)18-19-27(28)34-30/h1-19H,(H,31,33). The highest BCUT2D eigenvalue weighted by Gasteiger charge is 2.16. The first-order valence-corrected chi connectivity index (χ1v) is 11.1. The minimum Gasteiger partial charge on any atom is -0.436 e. The molecule has 4 heteroatoms. The van der Waals surface area contributed by atoms with E-state index >= 15 is 0 Å².